The number of carbonyl (C=O) groups is 5. The van der Waals surface area contributed by atoms with Crippen molar-refractivity contribution in [2.45, 2.75) is 148 Å². The number of carbonyl (C=O) groups excluding carboxylic acids is 5. The molecular weight excluding hydrogens is 1030 g/mol. The molecule has 0 bridgehead atoms. The molecule has 0 fully saturated rings. The van der Waals surface area contributed by atoms with Crippen LogP contribution in [0.5, 0.6) is 0 Å². The van der Waals surface area contributed by atoms with Crippen molar-refractivity contribution in [2.24, 2.45) is 21.1 Å². The van der Waals surface area contributed by atoms with E-state index in [0.717, 1.165) is 25.7 Å². The number of unbranched alkanes of at least 4 members (excludes halogenated alkanes) is 3. The second-order valence-corrected chi connectivity index (χ2v) is 23.6. The molecule has 3 rings (SSSR count). The maximum Gasteiger partial charge on any atom is 0.220 e. The van der Waals surface area contributed by atoms with Crippen molar-refractivity contribution in [2.75, 3.05) is 92.4 Å². The van der Waals surface area contributed by atoms with Crippen LogP contribution in [0.25, 0.3) is 0 Å². The van der Waals surface area contributed by atoms with Crippen molar-refractivity contribution in [3.63, 3.8) is 0 Å². The number of aryl methyl sites for hydroxylation is 3. The summed E-state index contributed by atoms with van der Waals surface area (Å²) in [7, 11) is 2.61. The van der Waals surface area contributed by atoms with Crippen LogP contribution in [0.2, 0.25) is 0 Å². The number of rotatable bonds is 47. The van der Waals surface area contributed by atoms with Crippen LogP contribution >= 0.6 is 7.37 Å². The van der Waals surface area contributed by atoms with Gasteiger partial charge in [-0.2, -0.15) is 0 Å². The largest absolute Gasteiger partial charge is 0.379 e. The van der Waals surface area contributed by atoms with E-state index >= 15 is 0 Å². The fourth-order valence-corrected chi connectivity index (χ4v) is 8.38. The van der Waals surface area contributed by atoms with E-state index in [9.17, 15) is 28.5 Å². The van der Waals surface area contributed by atoms with Crippen LogP contribution in [0.4, 0.5) is 0 Å². The van der Waals surface area contributed by atoms with Crippen molar-refractivity contribution in [3.05, 3.63) is 35.7 Å². The van der Waals surface area contributed by atoms with E-state index in [1.807, 2.05) is 20.8 Å². The lowest BCUT2D eigenvalue weighted by Gasteiger charge is -2.35. The van der Waals surface area contributed by atoms with Crippen LogP contribution in [0.1, 0.15) is 134 Å². The number of hydrogen-bond acceptors (Lipinski definition) is 19. The van der Waals surface area contributed by atoms with Gasteiger partial charge in [0.25, 0.3) is 0 Å². The zero-order valence-electron chi connectivity index (χ0n) is 47.4. The quantitative estimate of drug-likeness (QED) is 0.0465. The topological polar surface area (TPSA) is 307 Å². The van der Waals surface area contributed by atoms with Crippen molar-refractivity contribution in [1.82, 2.24) is 66.2 Å². The number of nitrogens with zero attached hydrogens (tertiary/aromatic N) is 9. The molecule has 4 amide bonds. The summed E-state index contributed by atoms with van der Waals surface area (Å²) in [5.74, 6) is -1.18. The highest BCUT2D eigenvalue weighted by Crippen LogP contribution is 2.55. The van der Waals surface area contributed by atoms with Gasteiger partial charge in [-0.15, -0.1) is 15.3 Å². The highest BCUT2D eigenvalue weighted by molar-refractivity contribution is 7.59. The monoisotopic (exact) mass is 1120 g/mol. The summed E-state index contributed by atoms with van der Waals surface area (Å²) in [6.07, 6.45) is 10.2. The van der Waals surface area contributed by atoms with Gasteiger partial charge in [0.15, 0.2) is 0 Å². The minimum absolute atomic E-state index is 0.0107. The Morgan fingerprint density at radius 1 is 0.474 bits per heavy atom. The fourth-order valence-electron chi connectivity index (χ4n) is 7.52. The Kier molecular flexibility index (Phi) is 33.2. The minimum Gasteiger partial charge on any atom is -0.379 e. The first-order valence-electron chi connectivity index (χ1n) is 27.2. The van der Waals surface area contributed by atoms with Gasteiger partial charge in [0.1, 0.15) is 22.9 Å². The summed E-state index contributed by atoms with van der Waals surface area (Å²) in [6.45, 7) is 12.4. The maximum absolute atomic E-state index is 13.8. The van der Waals surface area contributed by atoms with E-state index < -0.39 is 18.1 Å². The fraction of sp³-hybridized carbons (Fsp3) is 0.784. The first kappa shape index (κ1) is 67.2. The molecule has 0 aliphatic heterocycles. The van der Waals surface area contributed by atoms with Gasteiger partial charge in [-0.25, -0.2) is 0 Å². The van der Waals surface area contributed by atoms with E-state index in [1.165, 1.54) is 0 Å². The summed E-state index contributed by atoms with van der Waals surface area (Å²) < 4.78 is 56.9. The van der Waals surface area contributed by atoms with Gasteiger partial charge < -0.3 is 54.2 Å². The molecule has 1 unspecified atom stereocenters. The maximum atomic E-state index is 13.8. The van der Waals surface area contributed by atoms with Crippen LogP contribution in [0, 0.1) is 0 Å². The molecule has 0 radical (unpaired) electrons. The zero-order chi connectivity index (χ0) is 56.9. The smallest absolute Gasteiger partial charge is 0.220 e. The minimum atomic E-state index is -2.71. The third-order valence-electron chi connectivity index (χ3n) is 12.4. The van der Waals surface area contributed by atoms with Crippen LogP contribution in [-0.4, -0.2) is 177 Å². The Labute approximate surface area is 460 Å². The molecule has 0 aromatic carbocycles. The van der Waals surface area contributed by atoms with Crippen LogP contribution in [0.15, 0.2) is 18.6 Å². The molecule has 78 heavy (non-hydrogen) atoms. The Balaban J connectivity index is 1.55. The summed E-state index contributed by atoms with van der Waals surface area (Å²) in [4.78, 5) is 66.7. The van der Waals surface area contributed by atoms with E-state index in [0.29, 0.717) is 103 Å². The second-order valence-electron chi connectivity index (χ2n) is 20.3. The number of amides is 4. The molecule has 442 valence electrons. The number of nitrogens with one attached hydrogen (secondary N) is 4. The van der Waals surface area contributed by atoms with Gasteiger partial charge in [-0.1, -0.05) is 49.3 Å². The van der Waals surface area contributed by atoms with Gasteiger partial charge in [-0.05, 0) is 44.9 Å². The molecule has 0 aliphatic rings. The molecule has 0 spiro atoms. The molecule has 27 heteroatoms. The average molecular weight is 1120 g/mol. The van der Waals surface area contributed by atoms with E-state index in [-0.39, 0.29) is 120 Å². The van der Waals surface area contributed by atoms with Crippen LogP contribution < -0.4 is 21.3 Å². The van der Waals surface area contributed by atoms with Gasteiger partial charge in [0, 0.05) is 103 Å². The zero-order valence-corrected chi connectivity index (χ0v) is 48.3. The summed E-state index contributed by atoms with van der Waals surface area (Å²) in [5.41, 5.74) is 0.986. The predicted molar refractivity (Wildman–Crippen MR) is 288 cm³/mol. The number of Topliss-reactive ketones (excluding diaryl/α,β-unsaturated/α-hetero) is 1. The lowest BCUT2D eigenvalue weighted by Crippen LogP contribution is -2.50. The lowest BCUT2D eigenvalue weighted by atomic mass is 9.82. The van der Waals surface area contributed by atoms with Gasteiger partial charge in [-0.3, -0.25) is 42.6 Å². The van der Waals surface area contributed by atoms with E-state index in [4.69, 9.17) is 32.9 Å². The molecular formula is C51H90N13O13P. The van der Waals surface area contributed by atoms with Crippen LogP contribution in [0.3, 0.4) is 0 Å². The van der Waals surface area contributed by atoms with Crippen molar-refractivity contribution in [3.8, 4) is 0 Å². The van der Waals surface area contributed by atoms with Crippen molar-refractivity contribution >= 4 is 36.8 Å². The highest BCUT2D eigenvalue weighted by Gasteiger charge is 2.34. The first-order valence-corrected chi connectivity index (χ1v) is 29.3. The molecule has 3 aromatic heterocycles. The Hall–Kier alpha value is -5.08. The average Bonchev–Trinajstić information content (AvgIpc) is 4.14. The number of aromatic nitrogens is 9. The molecule has 4 N–H and O–H groups in total. The van der Waals surface area contributed by atoms with Crippen LogP contribution in [-0.2, 0) is 102 Å². The molecule has 0 aliphatic carbocycles. The Morgan fingerprint density at radius 2 is 0.897 bits per heavy atom. The molecule has 0 saturated carbocycles. The Bertz CT molecular complexity index is 2040. The number of ether oxygens (including phenoxy) is 6. The lowest BCUT2D eigenvalue weighted by molar-refractivity contribution is -0.127. The standard InChI is InChI=1S/C51H90N13O13P/c1-50(2,3)78(7,70)77-27-11-9-8-10-23-52-46(66)15-12-16-49(69)55-51(20-17-45(65)14-13-26-71-30-33-74-39-42-36-62(4)59-56-42,21-18-47(67)53-24-28-72-31-34-75-40-43-37-63(5)60-57-43)22-19-48(68)54-25-29-73-32-35-76-41-44-38-64(6)61-58-44/h36-38H,8-35,39-41H2,1-7H3,(H,52,66)(H,53,67)(H,54,68)(H,55,69). The van der Waals surface area contributed by atoms with Crippen molar-refractivity contribution in [1.29, 1.82) is 0 Å². The van der Waals surface area contributed by atoms with E-state index in [1.54, 1.807) is 60.4 Å². The number of ketones is 1. The molecule has 3 heterocycles. The highest BCUT2D eigenvalue weighted by atomic mass is 31.2. The summed E-state index contributed by atoms with van der Waals surface area (Å²) in [6, 6.07) is 0. The Morgan fingerprint density at radius 3 is 1.37 bits per heavy atom. The normalized spacial score (nSPS) is 12.6. The van der Waals surface area contributed by atoms with Gasteiger partial charge in [0.2, 0.25) is 31.0 Å². The number of hydrogen-bond donors (Lipinski definition) is 4. The molecule has 26 nitrogen and oxygen atoms in total. The predicted octanol–water partition coefficient (Wildman–Crippen LogP) is 3.42. The summed E-state index contributed by atoms with van der Waals surface area (Å²) in [5, 5.41) is 35.0. The molecule has 1 atom stereocenters. The van der Waals surface area contributed by atoms with E-state index in [2.05, 4.69) is 52.2 Å². The summed E-state index contributed by atoms with van der Waals surface area (Å²) >= 11 is 0. The SMILES string of the molecule is Cn1cc(COCCOCCCC(=O)CCC(CCC(=O)NCCOCCOCc2cn(C)nn2)(CCC(=O)NCCOCCOCc2cn(C)nn2)NC(=O)CCCC(=O)NCCCCCCOP(C)(=O)C(C)(C)C)nn1. The van der Waals surface area contributed by atoms with Gasteiger partial charge in [0.05, 0.1) is 97.9 Å². The third-order valence-corrected chi connectivity index (χ3v) is 15.5. The van der Waals surface area contributed by atoms with Gasteiger partial charge >= 0.3 is 0 Å². The second kappa shape index (κ2) is 38.5. The molecule has 3 aromatic rings. The molecule has 0 saturated heterocycles. The van der Waals surface area contributed by atoms with Crippen molar-refractivity contribution < 1.29 is 61.5 Å². The third kappa shape index (κ3) is 31.5. The first-order chi connectivity index (χ1) is 37.3.